The van der Waals surface area contributed by atoms with E-state index in [4.69, 9.17) is 10.3 Å². The summed E-state index contributed by atoms with van der Waals surface area (Å²) in [4.78, 5) is 4.43. The van der Waals surface area contributed by atoms with E-state index >= 15 is 0 Å². The topological polar surface area (TPSA) is 64.9 Å². The van der Waals surface area contributed by atoms with Crippen LogP contribution < -0.4 is 5.73 Å². The molecule has 6 heteroatoms. The lowest BCUT2D eigenvalue weighted by atomic mass is 9.99. The molecule has 0 bridgehead atoms. The van der Waals surface area contributed by atoms with Crippen molar-refractivity contribution >= 4 is 27.3 Å². The number of aromatic nitrogens is 2. The molecule has 90 valence electrons. The summed E-state index contributed by atoms with van der Waals surface area (Å²) in [5.41, 5.74) is 6.85. The van der Waals surface area contributed by atoms with Gasteiger partial charge in [-0.3, -0.25) is 0 Å². The Morgan fingerprint density at radius 3 is 2.82 bits per heavy atom. The fourth-order valence-electron chi connectivity index (χ4n) is 2.19. The molecule has 0 radical (unpaired) electrons. The molecule has 0 saturated heterocycles. The van der Waals surface area contributed by atoms with Gasteiger partial charge in [-0.15, -0.1) is 11.3 Å². The summed E-state index contributed by atoms with van der Waals surface area (Å²) in [6.07, 6.45) is 4.17. The fourth-order valence-corrected chi connectivity index (χ4v) is 3.33. The largest absolute Gasteiger partial charge is 0.334 e. The summed E-state index contributed by atoms with van der Waals surface area (Å²) in [5.74, 6) is 1.20. The van der Waals surface area contributed by atoms with Crippen LogP contribution in [-0.2, 0) is 5.54 Å². The van der Waals surface area contributed by atoms with E-state index in [2.05, 4.69) is 26.1 Å². The van der Waals surface area contributed by atoms with Gasteiger partial charge >= 0.3 is 0 Å². The summed E-state index contributed by atoms with van der Waals surface area (Å²) in [5, 5.41) is 6.02. The van der Waals surface area contributed by atoms with Gasteiger partial charge in [0.1, 0.15) is 0 Å². The van der Waals surface area contributed by atoms with Crippen LogP contribution in [0.5, 0.6) is 0 Å². The summed E-state index contributed by atoms with van der Waals surface area (Å²) in [6, 6.07) is 1.97. The molecule has 2 heterocycles. The van der Waals surface area contributed by atoms with E-state index in [1.807, 2.05) is 11.4 Å². The molecule has 1 saturated carbocycles. The number of hydrogen-bond donors (Lipinski definition) is 1. The first-order chi connectivity index (χ1) is 8.17. The molecule has 0 unspecified atom stereocenters. The molecule has 3 rings (SSSR count). The van der Waals surface area contributed by atoms with Crippen LogP contribution in [0.15, 0.2) is 19.8 Å². The predicted molar refractivity (Wildman–Crippen MR) is 69.6 cm³/mol. The Hall–Kier alpha value is -0.720. The Bertz CT molecular complexity index is 530. The number of rotatable bonds is 2. The third kappa shape index (κ3) is 2.05. The maximum absolute atomic E-state index is 6.29. The van der Waals surface area contributed by atoms with E-state index < -0.39 is 0 Å². The van der Waals surface area contributed by atoms with Crippen molar-refractivity contribution in [2.24, 2.45) is 5.73 Å². The van der Waals surface area contributed by atoms with Gasteiger partial charge in [0.25, 0.3) is 5.89 Å². The van der Waals surface area contributed by atoms with Crippen LogP contribution in [0.2, 0.25) is 0 Å². The van der Waals surface area contributed by atoms with Crippen molar-refractivity contribution in [3.63, 3.8) is 0 Å². The van der Waals surface area contributed by atoms with E-state index in [1.165, 1.54) is 0 Å². The van der Waals surface area contributed by atoms with Gasteiger partial charge in [0.2, 0.25) is 0 Å². The smallest absolute Gasteiger partial charge is 0.258 e. The van der Waals surface area contributed by atoms with Gasteiger partial charge < -0.3 is 10.3 Å². The molecule has 1 aliphatic rings. The third-order valence-electron chi connectivity index (χ3n) is 3.18. The molecule has 2 aromatic heterocycles. The lowest BCUT2D eigenvalue weighted by molar-refractivity contribution is 0.372. The molecule has 1 fully saturated rings. The van der Waals surface area contributed by atoms with Gasteiger partial charge in [-0.25, -0.2) is 0 Å². The maximum atomic E-state index is 6.29. The minimum atomic E-state index is -0.380. The average Bonchev–Trinajstić information content (AvgIpc) is 2.96. The van der Waals surface area contributed by atoms with E-state index in [0.29, 0.717) is 11.7 Å². The van der Waals surface area contributed by atoms with Crippen LogP contribution in [0.1, 0.15) is 31.5 Å². The molecule has 0 atom stereocenters. The molecule has 4 nitrogen and oxygen atoms in total. The zero-order chi connectivity index (χ0) is 11.9. The molecule has 0 amide bonds. The Morgan fingerprint density at radius 1 is 1.41 bits per heavy atom. The van der Waals surface area contributed by atoms with Gasteiger partial charge in [0.15, 0.2) is 5.82 Å². The van der Waals surface area contributed by atoms with Gasteiger partial charge in [-0.1, -0.05) is 18.0 Å². The first-order valence-corrected chi connectivity index (χ1v) is 7.22. The number of halogens is 1. The predicted octanol–water partition coefficient (Wildman–Crippen LogP) is 3.29. The zero-order valence-corrected chi connectivity index (χ0v) is 11.6. The molecule has 0 aliphatic heterocycles. The van der Waals surface area contributed by atoms with Crippen molar-refractivity contribution in [1.82, 2.24) is 10.1 Å². The summed E-state index contributed by atoms with van der Waals surface area (Å²) >= 11 is 5.01. The second-order valence-electron chi connectivity index (χ2n) is 4.43. The van der Waals surface area contributed by atoms with E-state index in [-0.39, 0.29) is 5.54 Å². The number of nitrogens with two attached hydrogens (primary N) is 1. The maximum Gasteiger partial charge on any atom is 0.258 e. The van der Waals surface area contributed by atoms with Gasteiger partial charge in [-0.2, -0.15) is 4.98 Å². The van der Waals surface area contributed by atoms with Crippen molar-refractivity contribution in [2.45, 2.75) is 31.2 Å². The van der Waals surface area contributed by atoms with Crippen LogP contribution in [-0.4, -0.2) is 10.1 Å². The molecular weight excluding hydrogens is 302 g/mol. The average molecular weight is 314 g/mol. The van der Waals surface area contributed by atoms with Crippen molar-refractivity contribution in [2.75, 3.05) is 0 Å². The molecule has 1 aliphatic carbocycles. The summed E-state index contributed by atoms with van der Waals surface area (Å²) in [7, 11) is 0. The van der Waals surface area contributed by atoms with Gasteiger partial charge in [0, 0.05) is 5.38 Å². The standard InChI is InChI=1S/C11H12BrN3OS/c12-8-5-7(6-17-8)9-14-10(15-16-9)11(13)3-1-2-4-11/h5-6H,1-4,13H2. The van der Waals surface area contributed by atoms with Gasteiger partial charge in [0.05, 0.1) is 14.9 Å². The van der Waals surface area contributed by atoms with Crippen molar-refractivity contribution in [1.29, 1.82) is 0 Å². The SMILES string of the molecule is NC1(c2noc(-c3csc(Br)c3)n2)CCCC1. The second kappa shape index (κ2) is 4.19. The highest BCUT2D eigenvalue weighted by atomic mass is 79.9. The number of hydrogen-bond acceptors (Lipinski definition) is 5. The molecule has 0 aromatic carbocycles. The molecule has 17 heavy (non-hydrogen) atoms. The van der Waals surface area contributed by atoms with Crippen molar-refractivity contribution in [3.05, 3.63) is 21.1 Å². The Labute approximate surface area is 111 Å². The fraction of sp³-hybridized carbons (Fsp3) is 0.455. The highest BCUT2D eigenvalue weighted by molar-refractivity contribution is 9.11. The lowest BCUT2D eigenvalue weighted by Gasteiger charge is -2.17. The van der Waals surface area contributed by atoms with Crippen LogP contribution in [0.25, 0.3) is 11.5 Å². The summed E-state index contributed by atoms with van der Waals surface area (Å²) < 4.78 is 6.34. The molecule has 0 spiro atoms. The zero-order valence-electron chi connectivity index (χ0n) is 9.15. The van der Waals surface area contributed by atoms with Gasteiger partial charge in [-0.05, 0) is 34.8 Å². The molecule has 2 aromatic rings. The molecular formula is C11H12BrN3OS. The Balaban J connectivity index is 1.92. The Morgan fingerprint density at radius 2 is 2.18 bits per heavy atom. The number of nitrogens with zero attached hydrogens (tertiary/aromatic N) is 2. The quantitative estimate of drug-likeness (QED) is 0.924. The monoisotopic (exact) mass is 313 g/mol. The van der Waals surface area contributed by atoms with Crippen molar-refractivity contribution < 1.29 is 4.52 Å². The third-order valence-corrected chi connectivity index (χ3v) is 4.69. The van der Waals surface area contributed by atoms with Crippen LogP contribution >= 0.6 is 27.3 Å². The normalized spacial score (nSPS) is 18.7. The molecule has 2 N–H and O–H groups in total. The second-order valence-corrected chi connectivity index (χ2v) is 6.72. The van der Waals surface area contributed by atoms with Crippen LogP contribution in [0.4, 0.5) is 0 Å². The minimum Gasteiger partial charge on any atom is -0.334 e. The highest BCUT2D eigenvalue weighted by Gasteiger charge is 2.36. The number of thiophene rings is 1. The van der Waals surface area contributed by atoms with Crippen LogP contribution in [0.3, 0.4) is 0 Å². The first kappa shape index (κ1) is 11.4. The van der Waals surface area contributed by atoms with E-state index in [9.17, 15) is 0 Å². The first-order valence-electron chi connectivity index (χ1n) is 5.55. The van der Waals surface area contributed by atoms with E-state index in [1.54, 1.807) is 11.3 Å². The van der Waals surface area contributed by atoms with Crippen molar-refractivity contribution in [3.8, 4) is 11.5 Å². The Kier molecular flexibility index (Phi) is 2.80. The summed E-state index contributed by atoms with van der Waals surface area (Å²) in [6.45, 7) is 0. The lowest BCUT2D eigenvalue weighted by Crippen LogP contribution is -2.34. The highest BCUT2D eigenvalue weighted by Crippen LogP contribution is 2.36. The van der Waals surface area contributed by atoms with Crippen LogP contribution in [0, 0.1) is 0 Å². The minimum absolute atomic E-state index is 0.380. The van der Waals surface area contributed by atoms with E-state index in [0.717, 1.165) is 35.0 Å².